The molecule has 0 spiro atoms. The summed E-state index contributed by atoms with van der Waals surface area (Å²) in [5.41, 5.74) is 0.918. The number of benzene rings is 1. The number of carbonyl (C=O) groups excluding carboxylic acids is 2. The topological polar surface area (TPSA) is 49.4 Å². The molecule has 114 valence electrons. The fraction of sp³-hybridized carbons (Fsp3) is 0.500. The Morgan fingerprint density at radius 1 is 1.38 bits per heavy atom. The maximum Gasteiger partial charge on any atom is 0.253 e. The van der Waals surface area contributed by atoms with Crippen LogP contribution in [-0.4, -0.2) is 29.7 Å². The zero-order valence-electron chi connectivity index (χ0n) is 12.7. The molecule has 21 heavy (non-hydrogen) atoms. The Labute approximate surface area is 131 Å². The van der Waals surface area contributed by atoms with Gasteiger partial charge in [-0.1, -0.05) is 12.1 Å². The molecule has 0 bridgehead atoms. The van der Waals surface area contributed by atoms with Crippen LogP contribution in [0.3, 0.4) is 0 Å². The molecule has 1 heterocycles. The maximum absolute atomic E-state index is 12.4. The number of carbonyl (C=O) groups is 2. The van der Waals surface area contributed by atoms with Gasteiger partial charge >= 0.3 is 0 Å². The lowest BCUT2D eigenvalue weighted by Crippen LogP contribution is -2.41. The number of nitrogens with one attached hydrogen (secondary N) is 1. The molecular weight excluding hydrogens is 284 g/mol. The molecule has 5 heteroatoms. The average molecular weight is 306 g/mol. The van der Waals surface area contributed by atoms with Gasteiger partial charge in [-0.3, -0.25) is 9.59 Å². The normalized spacial score (nSPS) is 19.0. The van der Waals surface area contributed by atoms with Crippen molar-refractivity contribution in [2.45, 2.75) is 32.7 Å². The number of anilines is 1. The predicted octanol–water partition coefficient (Wildman–Crippen LogP) is 2.50. The van der Waals surface area contributed by atoms with E-state index in [0.717, 1.165) is 0 Å². The Bertz CT molecular complexity index is 551. The lowest BCUT2D eigenvalue weighted by Gasteiger charge is -2.24. The molecular formula is C16H22N2O2S. The third-order valence-corrected chi connectivity index (χ3v) is 3.91. The summed E-state index contributed by atoms with van der Waals surface area (Å²) in [6.07, 6.45) is 0.499. The summed E-state index contributed by atoms with van der Waals surface area (Å²) < 4.78 is 0. The van der Waals surface area contributed by atoms with Gasteiger partial charge in [-0.15, -0.1) is 0 Å². The monoisotopic (exact) mass is 306 g/mol. The summed E-state index contributed by atoms with van der Waals surface area (Å²) in [6, 6.07) is 7.26. The van der Waals surface area contributed by atoms with Crippen LogP contribution >= 0.6 is 12.6 Å². The van der Waals surface area contributed by atoms with Gasteiger partial charge in [0.15, 0.2) is 0 Å². The van der Waals surface area contributed by atoms with E-state index in [4.69, 9.17) is 0 Å². The van der Waals surface area contributed by atoms with Crippen molar-refractivity contribution >= 4 is 30.1 Å². The summed E-state index contributed by atoms with van der Waals surface area (Å²) in [5.74, 6) is 0.836. The number of rotatable bonds is 3. The smallest absolute Gasteiger partial charge is 0.253 e. The first-order valence-corrected chi connectivity index (χ1v) is 7.78. The number of hydrogen-bond donors (Lipinski definition) is 2. The Balaban J connectivity index is 2.29. The molecule has 1 aromatic carbocycles. The molecule has 4 nitrogen and oxygen atoms in total. The first-order chi connectivity index (χ1) is 9.81. The van der Waals surface area contributed by atoms with E-state index in [2.05, 4.69) is 17.9 Å². The second kappa shape index (κ2) is 6.10. The van der Waals surface area contributed by atoms with Crippen LogP contribution in [0.1, 0.15) is 37.6 Å². The van der Waals surface area contributed by atoms with Crippen LogP contribution in [0.2, 0.25) is 0 Å². The Hall–Kier alpha value is -1.49. The number of amides is 2. The van der Waals surface area contributed by atoms with Crippen molar-refractivity contribution in [2.24, 2.45) is 5.92 Å². The minimum Gasteiger partial charge on any atom is -0.347 e. The molecule has 1 fully saturated rings. The average Bonchev–Trinajstić information content (AvgIpc) is 2.78. The van der Waals surface area contributed by atoms with Crippen molar-refractivity contribution in [1.29, 1.82) is 0 Å². The van der Waals surface area contributed by atoms with Crippen LogP contribution in [-0.2, 0) is 4.79 Å². The highest BCUT2D eigenvalue weighted by molar-refractivity contribution is 7.80. The third-order valence-electron chi connectivity index (χ3n) is 3.39. The van der Waals surface area contributed by atoms with E-state index in [1.165, 1.54) is 0 Å². The molecule has 1 unspecified atom stereocenters. The molecule has 1 aliphatic rings. The molecule has 1 atom stereocenters. The summed E-state index contributed by atoms with van der Waals surface area (Å²) in [7, 11) is 0. The van der Waals surface area contributed by atoms with Crippen LogP contribution in [0.25, 0.3) is 0 Å². The van der Waals surface area contributed by atoms with E-state index >= 15 is 0 Å². The fourth-order valence-corrected chi connectivity index (χ4v) is 2.69. The zero-order chi connectivity index (χ0) is 15.6. The van der Waals surface area contributed by atoms with Gasteiger partial charge in [-0.25, -0.2) is 0 Å². The van der Waals surface area contributed by atoms with Gasteiger partial charge < -0.3 is 10.2 Å². The Morgan fingerprint density at radius 2 is 2.05 bits per heavy atom. The lowest BCUT2D eigenvalue weighted by molar-refractivity contribution is -0.117. The number of nitrogens with zero attached hydrogens (tertiary/aromatic N) is 1. The highest BCUT2D eigenvalue weighted by Gasteiger charge is 2.32. The molecule has 1 aromatic rings. The predicted molar refractivity (Wildman–Crippen MR) is 88.0 cm³/mol. The Morgan fingerprint density at radius 3 is 2.62 bits per heavy atom. The van der Waals surface area contributed by atoms with Gasteiger partial charge in [0.05, 0.1) is 11.3 Å². The molecule has 0 aliphatic carbocycles. The molecule has 0 radical (unpaired) electrons. The van der Waals surface area contributed by atoms with Gasteiger partial charge in [0.25, 0.3) is 5.91 Å². The summed E-state index contributed by atoms with van der Waals surface area (Å²) in [4.78, 5) is 26.3. The van der Waals surface area contributed by atoms with Gasteiger partial charge in [0, 0.05) is 18.5 Å². The highest BCUT2D eigenvalue weighted by atomic mass is 32.1. The van der Waals surface area contributed by atoms with Crippen molar-refractivity contribution in [3.05, 3.63) is 29.8 Å². The molecule has 1 aliphatic heterocycles. The van der Waals surface area contributed by atoms with Gasteiger partial charge in [-0.2, -0.15) is 12.6 Å². The molecule has 0 aromatic heterocycles. The second-order valence-electron chi connectivity index (χ2n) is 6.48. The number of para-hydroxylation sites is 1. The van der Waals surface area contributed by atoms with Crippen LogP contribution in [0.15, 0.2) is 24.3 Å². The quantitative estimate of drug-likeness (QED) is 0.843. The maximum atomic E-state index is 12.4. The van der Waals surface area contributed by atoms with Crippen molar-refractivity contribution in [3.63, 3.8) is 0 Å². The zero-order valence-corrected chi connectivity index (χ0v) is 13.6. The molecule has 2 rings (SSSR count). The van der Waals surface area contributed by atoms with E-state index in [1.54, 1.807) is 11.0 Å². The van der Waals surface area contributed by atoms with E-state index in [-0.39, 0.29) is 23.3 Å². The van der Waals surface area contributed by atoms with Gasteiger partial charge in [0.1, 0.15) is 0 Å². The van der Waals surface area contributed by atoms with Gasteiger partial charge in [-0.05, 0) is 44.6 Å². The van der Waals surface area contributed by atoms with E-state index < -0.39 is 0 Å². The summed E-state index contributed by atoms with van der Waals surface area (Å²) >= 11 is 4.27. The van der Waals surface area contributed by atoms with E-state index in [1.807, 2.05) is 39.0 Å². The van der Waals surface area contributed by atoms with Crippen LogP contribution in [0.5, 0.6) is 0 Å². The molecule has 0 saturated carbocycles. The van der Waals surface area contributed by atoms with Gasteiger partial charge in [0.2, 0.25) is 5.91 Å². The first kappa shape index (κ1) is 15.9. The standard InChI is InChI=1S/C16H22N2O2S/c1-16(2,3)17-15(20)12-6-4-5-7-13(12)18-9-11(10-21)8-14(18)19/h4-7,11,21H,8-10H2,1-3H3,(H,17,20). The molecule has 1 saturated heterocycles. The third kappa shape index (κ3) is 3.79. The number of thiol groups is 1. The second-order valence-corrected chi connectivity index (χ2v) is 6.84. The summed E-state index contributed by atoms with van der Waals surface area (Å²) in [6.45, 7) is 6.44. The molecule has 1 N–H and O–H groups in total. The Kier molecular flexibility index (Phi) is 4.61. The van der Waals surface area contributed by atoms with Crippen molar-refractivity contribution in [3.8, 4) is 0 Å². The van der Waals surface area contributed by atoms with E-state index in [9.17, 15) is 9.59 Å². The van der Waals surface area contributed by atoms with E-state index in [0.29, 0.717) is 30.0 Å². The van der Waals surface area contributed by atoms with Crippen molar-refractivity contribution < 1.29 is 9.59 Å². The fourth-order valence-electron chi connectivity index (χ4n) is 2.45. The molecule has 2 amide bonds. The van der Waals surface area contributed by atoms with Crippen LogP contribution in [0, 0.1) is 5.92 Å². The van der Waals surface area contributed by atoms with Crippen molar-refractivity contribution in [2.75, 3.05) is 17.2 Å². The van der Waals surface area contributed by atoms with Crippen LogP contribution < -0.4 is 10.2 Å². The first-order valence-electron chi connectivity index (χ1n) is 7.14. The lowest BCUT2D eigenvalue weighted by atomic mass is 10.1. The largest absolute Gasteiger partial charge is 0.347 e. The minimum absolute atomic E-state index is 0.0602. The SMILES string of the molecule is CC(C)(C)NC(=O)c1ccccc1N1CC(CS)CC1=O. The minimum atomic E-state index is -0.313. The summed E-state index contributed by atoms with van der Waals surface area (Å²) in [5, 5.41) is 2.95. The highest BCUT2D eigenvalue weighted by Crippen LogP contribution is 2.28. The van der Waals surface area contributed by atoms with Crippen molar-refractivity contribution in [1.82, 2.24) is 5.32 Å². The van der Waals surface area contributed by atoms with Crippen LogP contribution in [0.4, 0.5) is 5.69 Å². The number of hydrogen-bond acceptors (Lipinski definition) is 3.